The van der Waals surface area contributed by atoms with E-state index in [0.717, 1.165) is 44.7 Å². The van der Waals surface area contributed by atoms with Crippen molar-refractivity contribution in [3.63, 3.8) is 0 Å². The quantitative estimate of drug-likeness (QED) is 0.816. The molecule has 0 radical (unpaired) electrons. The normalized spacial score (nSPS) is 21.9. The lowest BCUT2D eigenvalue weighted by Gasteiger charge is -2.24. The average molecular weight is 238 g/mol. The van der Waals surface area contributed by atoms with Gasteiger partial charge in [-0.2, -0.15) is 0 Å². The highest BCUT2D eigenvalue weighted by Gasteiger charge is 2.29. The average Bonchev–Trinajstić information content (AvgIpc) is 2.97. The van der Waals surface area contributed by atoms with Crippen molar-refractivity contribution in [2.45, 2.75) is 51.8 Å². The third kappa shape index (κ3) is 2.84. The maximum absolute atomic E-state index is 5.79. The molecule has 1 aliphatic heterocycles. The predicted molar refractivity (Wildman–Crippen MR) is 65.7 cm³/mol. The van der Waals surface area contributed by atoms with E-state index in [1.54, 1.807) is 0 Å². The van der Waals surface area contributed by atoms with Crippen molar-refractivity contribution in [2.75, 3.05) is 13.2 Å². The second kappa shape index (κ2) is 6.12. The lowest BCUT2D eigenvalue weighted by atomic mass is 10.0. The van der Waals surface area contributed by atoms with Crippen LogP contribution in [0.25, 0.3) is 0 Å². The van der Waals surface area contributed by atoms with Gasteiger partial charge in [0.25, 0.3) is 0 Å². The standard InChI is InChI=1S/C12H22N4O/c1-3-7-16-10(9-14-15-16)12(13-4-2)11-6-5-8-17-11/h9,11-13H,3-8H2,1-2H3. The first-order valence-electron chi connectivity index (χ1n) is 6.60. The molecule has 5 nitrogen and oxygen atoms in total. The number of rotatable bonds is 6. The van der Waals surface area contributed by atoms with E-state index in [9.17, 15) is 0 Å². The summed E-state index contributed by atoms with van der Waals surface area (Å²) in [5.41, 5.74) is 1.15. The molecule has 1 N–H and O–H groups in total. The summed E-state index contributed by atoms with van der Waals surface area (Å²) >= 11 is 0. The molecule has 5 heteroatoms. The number of likely N-dealkylation sites (N-methyl/N-ethyl adjacent to an activating group) is 1. The van der Waals surface area contributed by atoms with E-state index in [1.165, 1.54) is 0 Å². The Morgan fingerprint density at radius 2 is 2.47 bits per heavy atom. The molecule has 1 aliphatic rings. The van der Waals surface area contributed by atoms with E-state index >= 15 is 0 Å². The Balaban J connectivity index is 2.15. The smallest absolute Gasteiger partial charge is 0.0786 e. The highest BCUT2D eigenvalue weighted by atomic mass is 16.5. The molecule has 2 heterocycles. The fourth-order valence-electron chi connectivity index (χ4n) is 2.40. The number of nitrogens with one attached hydrogen (secondary N) is 1. The topological polar surface area (TPSA) is 52.0 Å². The molecule has 0 bridgehead atoms. The van der Waals surface area contributed by atoms with Crippen LogP contribution in [0.15, 0.2) is 6.20 Å². The van der Waals surface area contributed by atoms with Gasteiger partial charge in [-0.1, -0.05) is 19.1 Å². The van der Waals surface area contributed by atoms with Crippen LogP contribution in [-0.2, 0) is 11.3 Å². The minimum absolute atomic E-state index is 0.226. The monoisotopic (exact) mass is 238 g/mol. The van der Waals surface area contributed by atoms with Gasteiger partial charge in [0.2, 0.25) is 0 Å². The van der Waals surface area contributed by atoms with E-state index in [-0.39, 0.29) is 12.1 Å². The van der Waals surface area contributed by atoms with Crippen LogP contribution in [0.1, 0.15) is 44.8 Å². The maximum Gasteiger partial charge on any atom is 0.0786 e. The van der Waals surface area contributed by atoms with E-state index in [4.69, 9.17) is 4.74 Å². The minimum atomic E-state index is 0.226. The van der Waals surface area contributed by atoms with Crippen LogP contribution in [0.3, 0.4) is 0 Å². The Bertz CT molecular complexity index is 333. The third-order valence-electron chi connectivity index (χ3n) is 3.16. The second-order valence-corrected chi connectivity index (χ2v) is 4.47. The first kappa shape index (κ1) is 12.5. The van der Waals surface area contributed by atoms with E-state index in [1.807, 2.05) is 10.9 Å². The van der Waals surface area contributed by atoms with Gasteiger partial charge in [0, 0.05) is 13.2 Å². The molecule has 1 saturated heterocycles. The zero-order valence-electron chi connectivity index (χ0n) is 10.7. The molecule has 0 aromatic carbocycles. The number of nitrogens with zero attached hydrogens (tertiary/aromatic N) is 3. The minimum Gasteiger partial charge on any atom is -0.376 e. The fraction of sp³-hybridized carbons (Fsp3) is 0.833. The summed E-state index contributed by atoms with van der Waals surface area (Å²) in [6.07, 6.45) is 5.48. The van der Waals surface area contributed by atoms with Crippen LogP contribution >= 0.6 is 0 Å². The van der Waals surface area contributed by atoms with E-state index < -0.39 is 0 Å². The van der Waals surface area contributed by atoms with Crippen molar-refractivity contribution >= 4 is 0 Å². The van der Waals surface area contributed by atoms with Crippen LogP contribution in [0, 0.1) is 0 Å². The van der Waals surface area contributed by atoms with Crippen molar-refractivity contribution in [2.24, 2.45) is 0 Å². The molecular weight excluding hydrogens is 216 g/mol. The number of hydrogen-bond acceptors (Lipinski definition) is 4. The second-order valence-electron chi connectivity index (χ2n) is 4.47. The van der Waals surface area contributed by atoms with Gasteiger partial charge >= 0.3 is 0 Å². The van der Waals surface area contributed by atoms with Crippen molar-refractivity contribution < 1.29 is 4.74 Å². The summed E-state index contributed by atoms with van der Waals surface area (Å²) in [5.74, 6) is 0. The predicted octanol–water partition coefficient (Wildman–Crippen LogP) is 1.52. The van der Waals surface area contributed by atoms with Gasteiger partial charge in [-0.25, -0.2) is 4.68 Å². The molecule has 0 spiro atoms. The molecule has 17 heavy (non-hydrogen) atoms. The van der Waals surface area contributed by atoms with Crippen molar-refractivity contribution in [1.29, 1.82) is 0 Å². The van der Waals surface area contributed by atoms with Crippen molar-refractivity contribution in [1.82, 2.24) is 20.3 Å². The van der Waals surface area contributed by atoms with Gasteiger partial charge in [-0.3, -0.25) is 0 Å². The largest absolute Gasteiger partial charge is 0.376 e. The summed E-state index contributed by atoms with van der Waals surface area (Å²) in [6, 6.07) is 0.226. The van der Waals surface area contributed by atoms with Gasteiger partial charge in [0.15, 0.2) is 0 Å². The van der Waals surface area contributed by atoms with Crippen LogP contribution in [0.2, 0.25) is 0 Å². The number of hydrogen-bond donors (Lipinski definition) is 1. The van der Waals surface area contributed by atoms with Gasteiger partial charge in [-0.15, -0.1) is 5.10 Å². The Morgan fingerprint density at radius 1 is 1.59 bits per heavy atom. The Kier molecular flexibility index (Phi) is 4.50. The van der Waals surface area contributed by atoms with Crippen molar-refractivity contribution in [3.05, 3.63) is 11.9 Å². The molecule has 96 valence electrons. The fourth-order valence-corrected chi connectivity index (χ4v) is 2.40. The molecule has 1 aromatic heterocycles. The summed E-state index contributed by atoms with van der Waals surface area (Å²) in [7, 11) is 0. The van der Waals surface area contributed by atoms with Gasteiger partial charge in [0.1, 0.15) is 0 Å². The van der Waals surface area contributed by atoms with Crippen molar-refractivity contribution in [3.8, 4) is 0 Å². The Morgan fingerprint density at radius 3 is 3.12 bits per heavy atom. The van der Waals surface area contributed by atoms with Gasteiger partial charge in [-0.05, 0) is 25.8 Å². The first-order chi connectivity index (χ1) is 8.36. The Labute approximate surface area is 103 Å². The molecule has 2 atom stereocenters. The number of aryl methyl sites for hydroxylation is 1. The maximum atomic E-state index is 5.79. The Hall–Kier alpha value is -0.940. The molecule has 1 fully saturated rings. The van der Waals surface area contributed by atoms with Crippen LogP contribution in [0.4, 0.5) is 0 Å². The molecule has 0 amide bonds. The summed E-state index contributed by atoms with van der Waals surface area (Å²) in [5, 5.41) is 11.7. The highest BCUT2D eigenvalue weighted by Crippen LogP contribution is 2.26. The zero-order valence-corrected chi connectivity index (χ0v) is 10.7. The molecule has 1 aromatic rings. The van der Waals surface area contributed by atoms with E-state index in [2.05, 4.69) is 29.5 Å². The molecule has 2 rings (SSSR count). The van der Waals surface area contributed by atoms with Gasteiger partial charge < -0.3 is 10.1 Å². The summed E-state index contributed by atoms with van der Waals surface area (Å²) in [6.45, 7) is 7.00. The number of ether oxygens (including phenoxy) is 1. The molecular formula is C12H22N4O. The lowest BCUT2D eigenvalue weighted by molar-refractivity contribution is 0.0759. The molecule has 0 aliphatic carbocycles. The van der Waals surface area contributed by atoms with Gasteiger partial charge in [0.05, 0.1) is 24.0 Å². The highest BCUT2D eigenvalue weighted by molar-refractivity contribution is 5.06. The molecule has 0 saturated carbocycles. The first-order valence-corrected chi connectivity index (χ1v) is 6.60. The summed E-state index contributed by atoms with van der Waals surface area (Å²) in [4.78, 5) is 0. The van der Waals surface area contributed by atoms with Crippen LogP contribution < -0.4 is 5.32 Å². The zero-order chi connectivity index (χ0) is 12.1. The summed E-state index contributed by atoms with van der Waals surface area (Å²) < 4.78 is 7.79. The third-order valence-corrected chi connectivity index (χ3v) is 3.16. The lowest BCUT2D eigenvalue weighted by Crippen LogP contribution is -2.33. The van der Waals surface area contributed by atoms with Crippen LogP contribution in [0.5, 0.6) is 0 Å². The SMILES string of the molecule is CCCn1nncc1C(NCC)C1CCCO1. The van der Waals surface area contributed by atoms with E-state index in [0.29, 0.717) is 0 Å². The number of aromatic nitrogens is 3. The molecule has 2 unspecified atom stereocenters. The van der Waals surface area contributed by atoms with Crippen LogP contribution in [-0.4, -0.2) is 34.2 Å².